The molecule has 2 heterocycles. The van der Waals surface area contributed by atoms with Gasteiger partial charge in [-0.3, -0.25) is 9.59 Å². The molecule has 1 aromatic rings. The van der Waals surface area contributed by atoms with Gasteiger partial charge in [0.05, 0.1) is 12.2 Å². The van der Waals surface area contributed by atoms with Crippen molar-refractivity contribution in [2.24, 2.45) is 0 Å². The Morgan fingerprint density at radius 2 is 2.08 bits per heavy atom. The van der Waals surface area contributed by atoms with Crippen molar-refractivity contribution in [3.05, 3.63) is 24.3 Å². The summed E-state index contributed by atoms with van der Waals surface area (Å²) in [4.78, 5) is 29.4. The average Bonchev–Trinajstić information content (AvgIpc) is 2.77. The fourth-order valence-corrected chi connectivity index (χ4v) is 4.45. The number of anilines is 1. The Morgan fingerprint density at radius 1 is 1.25 bits per heavy atom. The van der Waals surface area contributed by atoms with Crippen LogP contribution in [0.4, 0.5) is 5.69 Å². The molecule has 1 N–H and O–H groups in total. The van der Waals surface area contributed by atoms with Gasteiger partial charge in [-0.15, -0.1) is 11.8 Å². The summed E-state index contributed by atoms with van der Waals surface area (Å²) in [6.45, 7) is 4.29. The van der Waals surface area contributed by atoms with Gasteiger partial charge in [0, 0.05) is 37.5 Å². The molecule has 0 aromatic heterocycles. The van der Waals surface area contributed by atoms with E-state index in [1.54, 1.807) is 0 Å². The van der Waals surface area contributed by atoms with E-state index in [1.165, 1.54) is 17.5 Å². The standard InChI is InChI=1S/C18H25N3O2S/c1-14(22)19-15-6-4-9-21(12-15)18(23)13-20-10-5-11-24-17-8-3-2-7-16(17)20/h2-3,7-8,15H,4-6,9-13H2,1H3,(H,19,22)/t15-/m0/s1. The summed E-state index contributed by atoms with van der Waals surface area (Å²) < 4.78 is 0. The number of hydrogen-bond acceptors (Lipinski definition) is 4. The second-order valence-corrected chi connectivity index (χ2v) is 7.61. The Morgan fingerprint density at radius 3 is 2.92 bits per heavy atom. The number of fused-ring (bicyclic) bond motifs is 1. The van der Waals surface area contributed by atoms with Crippen molar-refractivity contribution in [3.8, 4) is 0 Å². The molecule has 5 nitrogen and oxygen atoms in total. The molecule has 1 aromatic carbocycles. The fourth-order valence-electron chi connectivity index (χ4n) is 3.43. The molecule has 2 aliphatic rings. The van der Waals surface area contributed by atoms with E-state index < -0.39 is 0 Å². The van der Waals surface area contributed by atoms with Crippen LogP contribution in [0.2, 0.25) is 0 Å². The number of nitrogens with one attached hydrogen (secondary N) is 1. The minimum Gasteiger partial charge on any atom is -0.361 e. The largest absolute Gasteiger partial charge is 0.361 e. The van der Waals surface area contributed by atoms with Crippen LogP contribution in [0.1, 0.15) is 26.2 Å². The molecule has 3 rings (SSSR count). The van der Waals surface area contributed by atoms with Crippen LogP contribution in [0.25, 0.3) is 0 Å². The third kappa shape index (κ3) is 4.23. The Labute approximate surface area is 147 Å². The maximum atomic E-state index is 12.8. The van der Waals surface area contributed by atoms with Crippen LogP contribution in [0.5, 0.6) is 0 Å². The number of piperidine rings is 1. The lowest BCUT2D eigenvalue weighted by Crippen LogP contribution is -2.51. The van der Waals surface area contributed by atoms with Crippen LogP contribution in [-0.2, 0) is 9.59 Å². The summed E-state index contributed by atoms with van der Waals surface area (Å²) in [6, 6.07) is 8.43. The summed E-state index contributed by atoms with van der Waals surface area (Å²) in [7, 11) is 0. The van der Waals surface area contributed by atoms with Gasteiger partial charge in [0.2, 0.25) is 11.8 Å². The Kier molecular flexibility index (Phi) is 5.66. The van der Waals surface area contributed by atoms with E-state index in [1.807, 2.05) is 22.7 Å². The zero-order chi connectivity index (χ0) is 16.9. The van der Waals surface area contributed by atoms with Gasteiger partial charge in [0.25, 0.3) is 0 Å². The SMILES string of the molecule is CC(=O)N[C@H]1CCCN(C(=O)CN2CCCSc3ccccc32)C1. The fraction of sp³-hybridized carbons (Fsp3) is 0.556. The van der Waals surface area contributed by atoms with E-state index in [0.717, 1.165) is 38.1 Å². The number of amides is 2. The molecule has 1 fully saturated rings. The van der Waals surface area contributed by atoms with E-state index in [4.69, 9.17) is 0 Å². The van der Waals surface area contributed by atoms with Crippen LogP contribution in [0.15, 0.2) is 29.2 Å². The van der Waals surface area contributed by atoms with Crippen molar-refractivity contribution in [1.29, 1.82) is 0 Å². The molecule has 1 atom stereocenters. The van der Waals surface area contributed by atoms with Crippen LogP contribution < -0.4 is 10.2 Å². The minimum atomic E-state index is -0.0206. The molecule has 6 heteroatoms. The molecule has 2 amide bonds. The Hall–Kier alpha value is -1.69. The van der Waals surface area contributed by atoms with Gasteiger partial charge in [0.15, 0.2) is 0 Å². The van der Waals surface area contributed by atoms with E-state index >= 15 is 0 Å². The highest BCUT2D eigenvalue weighted by Crippen LogP contribution is 2.33. The van der Waals surface area contributed by atoms with Gasteiger partial charge in [0.1, 0.15) is 0 Å². The number of para-hydroxylation sites is 1. The van der Waals surface area contributed by atoms with Gasteiger partial charge >= 0.3 is 0 Å². The van der Waals surface area contributed by atoms with Crippen molar-refractivity contribution in [3.63, 3.8) is 0 Å². The smallest absolute Gasteiger partial charge is 0.242 e. The molecule has 0 aliphatic carbocycles. The van der Waals surface area contributed by atoms with Crippen molar-refractivity contribution >= 4 is 29.3 Å². The third-order valence-corrected chi connectivity index (χ3v) is 5.69. The van der Waals surface area contributed by atoms with Crippen molar-refractivity contribution in [2.45, 2.75) is 37.1 Å². The highest BCUT2D eigenvalue weighted by molar-refractivity contribution is 7.99. The van der Waals surface area contributed by atoms with Gasteiger partial charge in [-0.2, -0.15) is 0 Å². The number of thioether (sulfide) groups is 1. The zero-order valence-electron chi connectivity index (χ0n) is 14.2. The molecule has 2 aliphatic heterocycles. The number of rotatable bonds is 3. The van der Waals surface area contributed by atoms with Gasteiger partial charge in [-0.05, 0) is 37.1 Å². The molecular formula is C18H25N3O2S. The Balaban J connectivity index is 1.65. The Bertz CT molecular complexity index is 608. The first-order valence-electron chi connectivity index (χ1n) is 8.65. The lowest BCUT2D eigenvalue weighted by Gasteiger charge is -2.35. The van der Waals surface area contributed by atoms with Gasteiger partial charge in [-0.25, -0.2) is 0 Å². The number of nitrogens with zero attached hydrogens (tertiary/aromatic N) is 2. The highest BCUT2D eigenvalue weighted by atomic mass is 32.2. The second-order valence-electron chi connectivity index (χ2n) is 6.47. The van der Waals surface area contributed by atoms with Crippen molar-refractivity contribution < 1.29 is 9.59 Å². The van der Waals surface area contributed by atoms with E-state index in [2.05, 4.69) is 28.4 Å². The molecule has 0 spiro atoms. The van der Waals surface area contributed by atoms with E-state index in [-0.39, 0.29) is 17.9 Å². The van der Waals surface area contributed by atoms with Crippen molar-refractivity contribution in [1.82, 2.24) is 10.2 Å². The number of benzene rings is 1. The second kappa shape index (κ2) is 7.92. The predicted octanol–water partition coefficient (Wildman–Crippen LogP) is 2.12. The summed E-state index contributed by atoms with van der Waals surface area (Å²) in [5, 5.41) is 2.95. The number of carbonyl (C=O) groups is 2. The first-order chi connectivity index (χ1) is 11.6. The molecule has 24 heavy (non-hydrogen) atoms. The van der Waals surface area contributed by atoms with Crippen LogP contribution in [0, 0.1) is 0 Å². The normalized spacial score (nSPS) is 21.0. The maximum absolute atomic E-state index is 12.8. The first-order valence-corrected chi connectivity index (χ1v) is 9.63. The predicted molar refractivity (Wildman–Crippen MR) is 97.4 cm³/mol. The lowest BCUT2D eigenvalue weighted by atomic mass is 10.1. The lowest BCUT2D eigenvalue weighted by molar-refractivity contribution is -0.132. The zero-order valence-corrected chi connectivity index (χ0v) is 15.0. The third-order valence-electron chi connectivity index (χ3n) is 4.54. The van der Waals surface area contributed by atoms with Crippen LogP contribution >= 0.6 is 11.8 Å². The molecular weight excluding hydrogens is 322 g/mol. The number of likely N-dealkylation sites (tertiary alicyclic amines) is 1. The van der Waals surface area contributed by atoms with E-state index in [9.17, 15) is 9.59 Å². The quantitative estimate of drug-likeness (QED) is 0.910. The summed E-state index contributed by atoms with van der Waals surface area (Å²) in [5.74, 6) is 1.23. The molecule has 0 unspecified atom stereocenters. The monoisotopic (exact) mass is 347 g/mol. The molecule has 1 saturated heterocycles. The van der Waals surface area contributed by atoms with Crippen LogP contribution in [-0.4, -0.2) is 54.7 Å². The topological polar surface area (TPSA) is 52.7 Å². The molecule has 0 radical (unpaired) electrons. The van der Waals surface area contributed by atoms with Gasteiger partial charge in [-0.1, -0.05) is 12.1 Å². The minimum absolute atomic E-state index is 0.0206. The summed E-state index contributed by atoms with van der Waals surface area (Å²) in [5.41, 5.74) is 1.17. The highest BCUT2D eigenvalue weighted by Gasteiger charge is 2.26. The number of carbonyl (C=O) groups excluding carboxylic acids is 2. The van der Waals surface area contributed by atoms with Crippen molar-refractivity contribution in [2.75, 3.05) is 36.8 Å². The average molecular weight is 347 g/mol. The summed E-state index contributed by atoms with van der Waals surface area (Å²) in [6.07, 6.45) is 2.98. The van der Waals surface area contributed by atoms with Gasteiger partial charge < -0.3 is 15.1 Å². The molecule has 130 valence electrons. The van der Waals surface area contributed by atoms with E-state index in [0.29, 0.717) is 13.1 Å². The first kappa shape index (κ1) is 17.1. The molecule has 0 bridgehead atoms. The van der Waals surface area contributed by atoms with Crippen LogP contribution in [0.3, 0.4) is 0 Å². The maximum Gasteiger partial charge on any atom is 0.242 e. The summed E-state index contributed by atoms with van der Waals surface area (Å²) >= 11 is 1.87. The molecule has 0 saturated carbocycles. The number of hydrogen-bond donors (Lipinski definition) is 1.